The van der Waals surface area contributed by atoms with Crippen molar-refractivity contribution in [2.24, 2.45) is 5.92 Å². The van der Waals surface area contributed by atoms with Gasteiger partial charge < -0.3 is 24.1 Å². The van der Waals surface area contributed by atoms with E-state index < -0.39 is 0 Å². The summed E-state index contributed by atoms with van der Waals surface area (Å²) in [6.45, 7) is 9.32. The number of hydrogen-bond donors (Lipinski definition) is 1. The van der Waals surface area contributed by atoms with Crippen LogP contribution >= 0.6 is 0 Å². The lowest BCUT2D eigenvalue weighted by atomic mass is 9.99. The Kier molecular flexibility index (Phi) is 18.7. The molecule has 0 saturated heterocycles. The van der Waals surface area contributed by atoms with Gasteiger partial charge in [-0.3, -0.25) is 0 Å². The van der Waals surface area contributed by atoms with Gasteiger partial charge >= 0.3 is 0 Å². The summed E-state index contributed by atoms with van der Waals surface area (Å²) >= 11 is 0. The topological polar surface area (TPSA) is 57.2 Å². The quantitative estimate of drug-likeness (QED) is 0.394. The molecule has 5 heteroatoms. The highest BCUT2D eigenvalue weighted by Crippen LogP contribution is 2.13. The van der Waals surface area contributed by atoms with E-state index in [1.165, 1.54) is 25.7 Å². The second kappa shape index (κ2) is 18.8. The van der Waals surface area contributed by atoms with E-state index in [1.54, 1.807) is 0 Å². The van der Waals surface area contributed by atoms with E-state index in [0.717, 1.165) is 18.9 Å². The molecule has 0 rings (SSSR count). The van der Waals surface area contributed by atoms with Gasteiger partial charge in [0.2, 0.25) is 0 Å². The normalized spacial score (nSPS) is 12.7. The van der Waals surface area contributed by atoms with Gasteiger partial charge in [0.25, 0.3) is 0 Å². The monoisotopic (exact) mass is 320 g/mol. The van der Waals surface area contributed by atoms with Crippen LogP contribution in [0.2, 0.25) is 0 Å². The number of aliphatic hydroxyl groups excluding tert-OH is 1. The van der Waals surface area contributed by atoms with E-state index in [1.807, 2.05) is 0 Å². The third-order valence-corrected chi connectivity index (χ3v) is 3.37. The lowest BCUT2D eigenvalue weighted by Crippen LogP contribution is -2.12. The van der Waals surface area contributed by atoms with Gasteiger partial charge in [0.15, 0.2) is 0 Å². The summed E-state index contributed by atoms with van der Waals surface area (Å²) in [5, 5.41) is 8.51. The van der Waals surface area contributed by atoms with Crippen molar-refractivity contribution in [1.29, 1.82) is 0 Å². The number of ether oxygens (including phenoxy) is 4. The van der Waals surface area contributed by atoms with Crippen molar-refractivity contribution >= 4 is 0 Å². The van der Waals surface area contributed by atoms with E-state index >= 15 is 0 Å². The molecular weight excluding hydrogens is 284 g/mol. The maximum Gasteiger partial charge on any atom is 0.0701 e. The molecule has 1 N–H and O–H groups in total. The first kappa shape index (κ1) is 21.8. The Hall–Kier alpha value is -0.200. The average molecular weight is 320 g/mol. The predicted octanol–water partition coefficient (Wildman–Crippen LogP) is 2.65. The molecule has 0 spiro atoms. The zero-order chi connectivity index (χ0) is 16.3. The molecule has 0 radical (unpaired) electrons. The van der Waals surface area contributed by atoms with Crippen LogP contribution in [-0.4, -0.2) is 64.6 Å². The largest absolute Gasteiger partial charge is 0.394 e. The molecule has 0 aromatic rings. The van der Waals surface area contributed by atoms with Crippen LogP contribution in [0.25, 0.3) is 0 Å². The van der Waals surface area contributed by atoms with Crippen LogP contribution in [0.5, 0.6) is 0 Å². The highest BCUT2D eigenvalue weighted by Gasteiger charge is 2.00. The van der Waals surface area contributed by atoms with Gasteiger partial charge in [0.05, 0.1) is 52.9 Å². The Bertz CT molecular complexity index is 201. The summed E-state index contributed by atoms with van der Waals surface area (Å²) in [5.74, 6) is 0.849. The lowest BCUT2D eigenvalue weighted by molar-refractivity contribution is -0.00581. The van der Waals surface area contributed by atoms with Gasteiger partial charge in [-0.25, -0.2) is 0 Å². The fraction of sp³-hybridized carbons (Fsp3) is 1.00. The van der Waals surface area contributed by atoms with Gasteiger partial charge in [0, 0.05) is 6.61 Å². The van der Waals surface area contributed by atoms with Crippen molar-refractivity contribution in [3.05, 3.63) is 0 Å². The Labute approximate surface area is 136 Å². The first-order chi connectivity index (χ1) is 10.8. The third-order valence-electron chi connectivity index (χ3n) is 3.37. The molecule has 1 unspecified atom stereocenters. The first-order valence-electron chi connectivity index (χ1n) is 8.73. The van der Waals surface area contributed by atoms with Crippen molar-refractivity contribution in [3.8, 4) is 0 Å². The van der Waals surface area contributed by atoms with Crippen LogP contribution in [0.1, 0.15) is 46.0 Å². The van der Waals surface area contributed by atoms with Crippen molar-refractivity contribution in [2.45, 2.75) is 46.0 Å². The first-order valence-corrected chi connectivity index (χ1v) is 8.73. The highest BCUT2D eigenvalue weighted by atomic mass is 16.6. The summed E-state index contributed by atoms with van der Waals surface area (Å²) in [6.07, 6.45) is 6.34. The second-order valence-electron chi connectivity index (χ2n) is 5.56. The number of aliphatic hydroxyl groups is 1. The van der Waals surface area contributed by atoms with E-state index in [-0.39, 0.29) is 6.61 Å². The van der Waals surface area contributed by atoms with E-state index in [4.69, 9.17) is 24.1 Å². The van der Waals surface area contributed by atoms with Crippen LogP contribution in [0, 0.1) is 5.92 Å². The SMILES string of the molecule is CCCC(C)CCCCOCCOCCOCCOCCO. The third kappa shape index (κ3) is 17.9. The minimum absolute atomic E-state index is 0.0564. The summed E-state index contributed by atoms with van der Waals surface area (Å²) in [7, 11) is 0. The summed E-state index contributed by atoms with van der Waals surface area (Å²) in [5.41, 5.74) is 0. The Morgan fingerprint density at radius 1 is 0.682 bits per heavy atom. The molecule has 5 nitrogen and oxygen atoms in total. The van der Waals surface area contributed by atoms with Crippen LogP contribution in [0.3, 0.4) is 0 Å². The smallest absolute Gasteiger partial charge is 0.0701 e. The molecule has 1 atom stereocenters. The molecule has 0 amide bonds. The second-order valence-corrected chi connectivity index (χ2v) is 5.56. The van der Waals surface area contributed by atoms with Crippen molar-refractivity contribution < 1.29 is 24.1 Å². The fourth-order valence-electron chi connectivity index (χ4n) is 2.16. The zero-order valence-electron chi connectivity index (χ0n) is 14.6. The van der Waals surface area contributed by atoms with Crippen LogP contribution in [-0.2, 0) is 18.9 Å². The molecule has 0 aliphatic carbocycles. The van der Waals surface area contributed by atoms with Crippen molar-refractivity contribution in [2.75, 3.05) is 59.5 Å². The van der Waals surface area contributed by atoms with E-state index in [9.17, 15) is 0 Å². The molecular formula is C17H36O5. The Morgan fingerprint density at radius 2 is 1.18 bits per heavy atom. The van der Waals surface area contributed by atoms with Gasteiger partial charge in [-0.15, -0.1) is 0 Å². The fourth-order valence-corrected chi connectivity index (χ4v) is 2.16. The van der Waals surface area contributed by atoms with Gasteiger partial charge in [0.1, 0.15) is 0 Å². The van der Waals surface area contributed by atoms with Gasteiger partial charge in [-0.2, -0.15) is 0 Å². The molecule has 0 saturated carbocycles. The molecule has 0 aromatic carbocycles. The van der Waals surface area contributed by atoms with Crippen LogP contribution in [0.15, 0.2) is 0 Å². The molecule has 0 aliphatic heterocycles. The van der Waals surface area contributed by atoms with Gasteiger partial charge in [-0.1, -0.05) is 39.5 Å². The highest BCUT2D eigenvalue weighted by molar-refractivity contribution is 4.52. The van der Waals surface area contributed by atoms with Crippen molar-refractivity contribution in [3.63, 3.8) is 0 Å². The zero-order valence-corrected chi connectivity index (χ0v) is 14.6. The van der Waals surface area contributed by atoms with Gasteiger partial charge in [-0.05, 0) is 12.3 Å². The summed E-state index contributed by atoms with van der Waals surface area (Å²) < 4.78 is 21.3. The summed E-state index contributed by atoms with van der Waals surface area (Å²) in [6, 6.07) is 0. The number of hydrogen-bond acceptors (Lipinski definition) is 5. The van der Waals surface area contributed by atoms with E-state index in [2.05, 4.69) is 13.8 Å². The Balaban J connectivity index is 3.00. The maximum absolute atomic E-state index is 8.51. The molecule has 22 heavy (non-hydrogen) atoms. The van der Waals surface area contributed by atoms with E-state index in [0.29, 0.717) is 46.2 Å². The molecule has 0 aromatic heterocycles. The average Bonchev–Trinajstić information content (AvgIpc) is 2.51. The standard InChI is InChI=1S/C17H36O5/c1-3-6-17(2)7-4-5-9-19-11-13-21-15-16-22-14-12-20-10-8-18/h17-18H,3-16H2,1-2H3. The van der Waals surface area contributed by atoms with Crippen LogP contribution < -0.4 is 0 Å². The maximum atomic E-state index is 8.51. The molecule has 0 heterocycles. The number of rotatable bonds is 18. The lowest BCUT2D eigenvalue weighted by Gasteiger charge is -2.10. The minimum atomic E-state index is 0.0564. The minimum Gasteiger partial charge on any atom is -0.394 e. The van der Waals surface area contributed by atoms with Crippen molar-refractivity contribution in [1.82, 2.24) is 0 Å². The van der Waals surface area contributed by atoms with Crippen LogP contribution in [0.4, 0.5) is 0 Å². The molecule has 0 fully saturated rings. The predicted molar refractivity (Wildman–Crippen MR) is 88.3 cm³/mol. The molecule has 0 aliphatic rings. The molecule has 134 valence electrons. The molecule has 0 bridgehead atoms. The Morgan fingerprint density at radius 3 is 1.68 bits per heavy atom. The number of unbranched alkanes of at least 4 members (excludes halogenated alkanes) is 1. The summed E-state index contributed by atoms with van der Waals surface area (Å²) in [4.78, 5) is 0.